The fraction of sp³-hybridized carbons (Fsp3) is 0.586. The third kappa shape index (κ3) is 16.3. The molecule has 338 valence electrons. The molecule has 0 bridgehead atoms. The van der Waals surface area contributed by atoms with Gasteiger partial charge in [0.05, 0.1) is 26.4 Å². The molecule has 0 aromatic heterocycles. The van der Waals surface area contributed by atoms with Crippen molar-refractivity contribution in [3.8, 4) is 34.1 Å². The van der Waals surface area contributed by atoms with E-state index in [1.807, 2.05) is 0 Å². The topological polar surface area (TPSA) is 36.9 Å². The third-order valence-electron chi connectivity index (χ3n) is 14.0. The average Bonchev–Trinajstić information content (AvgIpc) is 3.32. The number of benzene rings is 4. The van der Waals surface area contributed by atoms with Crippen molar-refractivity contribution in [3.63, 3.8) is 0 Å². The van der Waals surface area contributed by atoms with Crippen LogP contribution in [0.4, 0.5) is 0 Å². The van der Waals surface area contributed by atoms with Crippen LogP contribution in [0.1, 0.15) is 191 Å². The number of rotatable bonds is 29. The predicted octanol–water partition coefficient (Wildman–Crippen LogP) is 17.1. The standard InChI is InChI=1S/C58H82O4/c1-3-5-11-21-47-27-31-49(32-28-47)51-35-39-53(40-36-51)59-43-17-7-9-19-45-61-57-25-15-13-23-55(57)56-24-14-16-26-58(56)62-46-20-10-8-18-44-60-54-41-37-52(38-42-54)50-33-29-48(30-34-50)22-12-6-4-2/h13-16,23-26,35-42,47-50H,3-12,17-22,27-34,43-46H2,1-2H3. The van der Waals surface area contributed by atoms with E-state index in [-0.39, 0.29) is 0 Å². The molecule has 4 nitrogen and oxygen atoms in total. The molecule has 4 heteroatoms. The first-order valence-corrected chi connectivity index (χ1v) is 25.6. The van der Waals surface area contributed by atoms with Crippen molar-refractivity contribution in [1.29, 1.82) is 0 Å². The molecule has 0 unspecified atom stereocenters. The lowest BCUT2D eigenvalue weighted by Crippen LogP contribution is -2.13. The first-order chi connectivity index (χ1) is 30.7. The molecule has 0 aliphatic heterocycles. The van der Waals surface area contributed by atoms with Crippen molar-refractivity contribution >= 4 is 0 Å². The molecule has 0 N–H and O–H groups in total. The first kappa shape index (κ1) is 47.6. The van der Waals surface area contributed by atoms with Crippen LogP contribution in [0.15, 0.2) is 97.1 Å². The summed E-state index contributed by atoms with van der Waals surface area (Å²) < 4.78 is 25.0. The highest BCUT2D eigenvalue weighted by atomic mass is 16.5. The van der Waals surface area contributed by atoms with Gasteiger partial charge in [0.1, 0.15) is 23.0 Å². The zero-order valence-corrected chi connectivity index (χ0v) is 39.0. The van der Waals surface area contributed by atoms with E-state index >= 15 is 0 Å². The van der Waals surface area contributed by atoms with Crippen LogP contribution in [0.3, 0.4) is 0 Å². The summed E-state index contributed by atoms with van der Waals surface area (Å²) in [6.45, 7) is 7.56. The van der Waals surface area contributed by atoms with Gasteiger partial charge < -0.3 is 18.9 Å². The lowest BCUT2D eigenvalue weighted by molar-refractivity contribution is 0.286. The van der Waals surface area contributed by atoms with E-state index in [1.54, 1.807) is 0 Å². The fourth-order valence-corrected chi connectivity index (χ4v) is 10.1. The molecule has 0 amide bonds. The Morgan fingerprint density at radius 2 is 0.710 bits per heavy atom. The maximum atomic E-state index is 6.38. The molecule has 4 aromatic rings. The molecular formula is C58H82O4. The highest BCUT2D eigenvalue weighted by Gasteiger charge is 2.23. The summed E-state index contributed by atoms with van der Waals surface area (Å²) in [5, 5.41) is 0. The minimum absolute atomic E-state index is 0.707. The van der Waals surface area contributed by atoms with Crippen molar-refractivity contribution < 1.29 is 18.9 Å². The largest absolute Gasteiger partial charge is 0.494 e. The van der Waals surface area contributed by atoms with Crippen molar-refractivity contribution in [3.05, 3.63) is 108 Å². The molecule has 6 rings (SSSR count). The third-order valence-corrected chi connectivity index (χ3v) is 14.0. The Bertz CT molecular complexity index is 1620. The van der Waals surface area contributed by atoms with Gasteiger partial charge in [-0.2, -0.15) is 0 Å². The van der Waals surface area contributed by atoms with Gasteiger partial charge in [-0.25, -0.2) is 0 Å². The minimum atomic E-state index is 0.707. The molecule has 0 atom stereocenters. The molecule has 4 aromatic carbocycles. The van der Waals surface area contributed by atoms with E-state index in [0.717, 1.165) is 122 Å². The molecule has 2 aliphatic carbocycles. The Labute approximate surface area is 377 Å². The number of ether oxygens (including phenoxy) is 4. The molecule has 0 spiro atoms. The number of unbranched alkanes of at least 4 members (excludes halogenated alkanes) is 10. The number of hydrogen-bond donors (Lipinski definition) is 0. The van der Waals surface area contributed by atoms with Crippen LogP contribution in [-0.2, 0) is 0 Å². The Balaban J connectivity index is 0.804. The molecule has 2 fully saturated rings. The monoisotopic (exact) mass is 843 g/mol. The van der Waals surface area contributed by atoms with Crippen LogP contribution in [0.5, 0.6) is 23.0 Å². The Morgan fingerprint density at radius 1 is 0.355 bits per heavy atom. The first-order valence-electron chi connectivity index (χ1n) is 25.6. The van der Waals surface area contributed by atoms with Crippen LogP contribution in [-0.4, -0.2) is 26.4 Å². The second-order valence-electron chi connectivity index (χ2n) is 18.8. The van der Waals surface area contributed by atoms with Crippen LogP contribution >= 0.6 is 0 Å². The molecule has 2 aliphatic rings. The summed E-state index contributed by atoms with van der Waals surface area (Å²) in [5.74, 6) is 7.23. The minimum Gasteiger partial charge on any atom is -0.494 e. The SMILES string of the molecule is CCCCCC1CCC(c2ccc(OCCCCCCOc3ccccc3-c3ccccc3OCCCCCCOc3ccc(C4CCC(CCCCC)CC4)cc3)cc2)CC1. The summed E-state index contributed by atoms with van der Waals surface area (Å²) in [6.07, 6.45) is 30.9. The maximum Gasteiger partial charge on any atom is 0.127 e. The van der Waals surface area contributed by atoms with E-state index in [4.69, 9.17) is 18.9 Å². The van der Waals surface area contributed by atoms with Gasteiger partial charge in [-0.05, 0) is 174 Å². The van der Waals surface area contributed by atoms with E-state index in [0.29, 0.717) is 13.2 Å². The normalized spacial score (nSPS) is 18.9. The number of hydrogen-bond acceptors (Lipinski definition) is 4. The van der Waals surface area contributed by atoms with E-state index in [1.165, 1.54) is 114 Å². The average molecular weight is 843 g/mol. The zero-order valence-electron chi connectivity index (χ0n) is 39.0. The lowest BCUT2D eigenvalue weighted by atomic mass is 9.77. The van der Waals surface area contributed by atoms with Gasteiger partial charge in [-0.3, -0.25) is 0 Å². The quantitative estimate of drug-likeness (QED) is 0.0510. The van der Waals surface area contributed by atoms with Gasteiger partial charge in [0.25, 0.3) is 0 Å². The fourth-order valence-electron chi connectivity index (χ4n) is 10.1. The van der Waals surface area contributed by atoms with Gasteiger partial charge in [-0.1, -0.05) is 126 Å². The Morgan fingerprint density at radius 3 is 1.08 bits per heavy atom. The highest BCUT2D eigenvalue weighted by Crippen LogP contribution is 2.40. The van der Waals surface area contributed by atoms with Gasteiger partial charge in [0.15, 0.2) is 0 Å². The zero-order chi connectivity index (χ0) is 42.9. The van der Waals surface area contributed by atoms with Crippen molar-refractivity contribution in [2.75, 3.05) is 26.4 Å². The highest BCUT2D eigenvalue weighted by molar-refractivity contribution is 5.75. The second-order valence-corrected chi connectivity index (χ2v) is 18.8. The Kier molecular flexibility index (Phi) is 21.5. The van der Waals surface area contributed by atoms with Gasteiger partial charge in [0, 0.05) is 11.1 Å². The van der Waals surface area contributed by atoms with Crippen molar-refractivity contribution in [1.82, 2.24) is 0 Å². The van der Waals surface area contributed by atoms with E-state index in [9.17, 15) is 0 Å². The van der Waals surface area contributed by atoms with E-state index in [2.05, 4.69) is 111 Å². The molecule has 62 heavy (non-hydrogen) atoms. The lowest BCUT2D eigenvalue weighted by Gasteiger charge is -2.29. The molecule has 0 radical (unpaired) electrons. The molecule has 0 saturated heterocycles. The maximum absolute atomic E-state index is 6.38. The van der Waals surface area contributed by atoms with Gasteiger partial charge >= 0.3 is 0 Å². The van der Waals surface area contributed by atoms with Gasteiger partial charge in [0.2, 0.25) is 0 Å². The Hall–Kier alpha value is -3.92. The molecule has 0 heterocycles. The van der Waals surface area contributed by atoms with Crippen LogP contribution in [0.25, 0.3) is 11.1 Å². The summed E-state index contributed by atoms with van der Waals surface area (Å²) in [4.78, 5) is 0. The van der Waals surface area contributed by atoms with Crippen molar-refractivity contribution in [2.45, 2.75) is 180 Å². The summed E-state index contributed by atoms with van der Waals surface area (Å²) >= 11 is 0. The molecular weight excluding hydrogens is 761 g/mol. The molecule has 2 saturated carbocycles. The van der Waals surface area contributed by atoms with Crippen LogP contribution in [0, 0.1) is 11.8 Å². The van der Waals surface area contributed by atoms with Crippen LogP contribution in [0.2, 0.25) is 0 Å². The summed E-state index contributed by atoms with van der Waals surface area (Å²) in [7, 11) is 0. The van der Waals surface area contributed by atoms with Crippen molar-refractivity contribution in [2.24, 2.45) is 11.8 Å². The second kappa shape index (κ2) is 28.0. The van der Waals surface area contributed by atoms with E-state index < -0.39 is 0 Å². The number of para-hydroxylation sites is 2. The van der Waals surface area contributed by atoms with Crippen LogP contribution < -0.4 is 18.9 Å². The smallest absolute Gasteiger partial charge is 0.127 e. The summed E-state index contributed by atoms with van der Waals surface area (Å²) in [5.41, 5.74) is 5.18. The predicted molar refractivity (Wildman–Crippen MR) is 261 cm³/mol. The summed E-state index contributed by atoms with van der Waals surface area (Å²) in [6, 6.07) is 34.8. The van der Waals surface area contributed by atoms with Gasteiger partial charge in [-0.15, -0.1) is 0 Å².